The second kappa shape index (κ2) is 8.84. The highest BCUT2D eigenvalue weighted by atomic mass is 32.2. The van der Waals surface area contributed by atoms with E-state index < -0.39 is 0 Å². The summed E-state index contributed by atoms with van der Waals surface area (Å²) in [6, 6.07) is 14.1. The van der Waals surface area contributed by atoms with E-state index in [4.69, 9.17) is 0 Å². The molecule has 1 amide bonds. The number of nitrogens with zero attached hydrogens (tertiary/aromatic N) is 4. The van der Waals surface area contributed by atoms with Crippen LogP contribution in [-0.2, 0) is 4.79 Å². The first-order valence-corrected chi connectivity index (χ1v) is 13.4. The molecule has 4 fully saturated rings. The number of hydrogen-bond donors (Lipinski definition) is 1. The van der Waals surface area contributed by atoms with Gasteiger partial charge in [-0.1, -0.05) is 30.0 Å². The number of carbonyl (C=O) groups excluding carboxylic acids is 1. The molecule has 1 N–H and O–H groups in total. The molecule has 4 saturated carbocycles. The molecular weight excluding hydrogens is 442 g/mol. The van der Waals surface area contributed by atoms with Crippen LogP contribution in [0.4, 0.5) is 0 Å². The van der Waals surface area contributed by atoms with Crippen LogP contribution in [0.1, 0.15) is 45.4 Å². The molecule has 1 aromatic carbocycles. The number of carbonyl (C=O) groups is 1. The van der Waals surface area contributed by atoms with Gasteiger partial charge in [0.05, 0.1) is 5.75 Å². The van der Waals surface area contributed by atoms with Gasteiger partial charge in [0.15, 0.2) is 11.0 Å². The van der Waals surface area contributed by atoms with Crippen LogP contribution in [0.5, 0.6) is 0 Å². The fourth-order valence-electron chi connectivity index (χ4n) is 7.14. The van der Waals surface area contributed by atoms with Crippen molar-refractivity contribution >= 4 is 17.7 Å². The van der Waals surface area contributed by atoms with E-state index in [2.05, 4.69) is 27.4 Å². The maximum Gasteiger partial charge on any atom is 0.230 e. The molecule has 7 heteroatoms. The fraction of sp³-hybridized carbons (Fsp3) is 0.481. The zero-order chi connectivity index (χ0) is 23.1. The summed E-state index contributed by atoms with van der Waals surface area (Å²) in [6.07, 6.45) is 11.7. The monoisotopic (exact) mass is 473 g/mol. The number of aromatic nitrogens is 4. The van der Waals surface area contributed by atoms with Crippen molar-refractivity contribution in [1.82, 2.24) is 25.1 Å². The molecule has 1 atom stereocenters. The molecule has 7 rings (SSSR count). The number of nitrogens with one attached hydrogen (secondary N) is 1. The summed E-state index contributed by atoms with van der Waals surface area (Å²) in [6.45, 7) is 2.24. The Hall–Kier alpha value is -2.67. The number of hydrogen-bond acceptors (Lipinski definition) is 5. The Bertz CT molecular complexity index is 1130. The van der Waals surface area contributed by atoms with Crippen LogP contribution < -0.4 is 5.32 Å². The van der Waals surface area contributed by atoms with Gasteiger partial charge < -0.3 is 5.32 Å². The molecule has 4 bridgehead atoms. The van der Waals surface area contributed by atoms with Crippen LogP contribution in [0.3, 0.4) is 0 Å². The largest absolute Gasteiger partial charge is 0.352 e. The average molecular weight is 474 g/mol. The Morgan fingerprint density at radius 2 is 1.68 bits per heavy atom. The van der Waals surface area contributed by atoms with Gasteiger partial charge >= 0.3 is 0 Å². The minimum Gasteiger partial charge on any atom is -0.352 e. The third kappa shape index (κ3) is 4.04. The van der Waals surface area contributed by atoms with Gasteiger partial charge in [-0.2, -0.15) is 0 Å². The zero-order valence-electron chi connectivity index (χ0n) is 19.6. The predicted molar refractivity (Wildman–Crippen MR) is 134 cm³/mol. The molecule has 0 saturated heterocycles. The van der Waals surface area contributed by atoms with Gasteiger partial charge in [-0.05, 0) is 92.9 Å². The molecule has 3 aromatic rings. The van der Waals surface area contributed by atoms with E-state index >= 15 is 0 Å². The first-order chi connectivity index (χ1) is 16.6. The quantitative estimate of drug-likeness (QED) is 0.481. The molecule has 176 valence electrons. The van der Waals surface area contributed by atoms with E-state index in [0.29, 0.717) is 11.2 Å². The normalized spacial score (nSPS) is 28.1. The van der Waals surface area contributed by atoms with Gasteiger partial charge in [0.2, 0.25) is 5.91 Å². The van der Waals surface area contributed by atoms with Crippen molar-refractivity contribution in [2.75, 3.05) is 5.75 Å². The highest BCUT2D eigenvalue weighted by Gasteiger charge is 2.53. The molecule has 6 nitrogen and oxygen atoms in total. The second-order valence-corrected chi connectivity index (χ2v) is 11.5. The van der Waals surface area contributed by atoms with Crippen molar-refractivity contribution in [2.24, 2.45) is 23.2 Å². The number of amides is 1. The molecule has 0 spiro atoms. The molecule has 0 unspecified atom stereocenters. The maximum atomic E-state index is 13.0. The summed E-state index contributed by atoms with van der Waals surface area (Å²) in [7, 11) is 0. The van der Waals surface area contributed by atoms with Crippen LogP contribution in [0, 0.1) is 23.2 Å². The van der Waals surface area contributed by atoms with Crippen LogP contribution in [-0.4, -0.2) is 37.5 Å². The fourth-order valence-corrected chi connectivity index (χ4v) is 7.90. The SMILES string of the molecule is C[C@H](NC(=O)CSc1nnc(-c2ccncc2)n1-c1ccccc1)C12CC3CC(CC(C3)C1)C2. The topological polar surface area (TPSA) is 72.7 Å². The van der Waals surface area contributed by atoms with E-state index in [1.807, 2.05) is 47.0 Å². The minimum atomic E-state index is 0.0846. The van der Waals surface area contributed by atoms with Crippen LogP contribution in [0.25, 0.3) is 17.1 Å². The lowest BCUT2D eigenvalue weighted by Crippen LogP contribution is -2.56. The van der Waals surface area contributed by atoms with Crippen LogP contribution in [0.15, 0.2) is 60.0 Å². The highest BCUT2D eigenvalue weighted by Crippen LogP contribution is 2.61. The summed E-state index contributed by atoms with van der Waals surface area (Å²) >= 11 is 1.45. The zero-order valence-corrected chi connectivity index (χ0v) is 20.4. The van der Waals surface area contributed by atoms with Crippen LogP contribution in [0.2, 0.25) is 0 Å². The molecule has 34 heavy (non-hydrogen) atoms. The average Bonchev–Trinajstić information content (AvgIpc) is 3.27. The van der Waals surface area contributed by atoms with Crippen molar-refractivity contribution < 1.29 is 4.79 Å². The number of rotatable bonds is 7. The number of pyridine rings is 1. The highest BCUT2D eigenvalue weighted by molar-refractivity contribution is 7.99. The van der Waals surface area contributed by atoms with Gasteiger partial charge in [-0.25, -0.2) is 0 Å². The van der Waals surface area contributed by atoms with E-state index in [1.165, 1.54) is 50.3 Å². The Balaban J connectivity index is 1.17. The molecule has 2 heterocycles. The van der Waals surface area contributed by atoms with Crippen molar-refractivity contribution in [2.45, 2.75) is 56.6 Å². The van der Waals surface area contributed by atoms with E-state index in [1.54, 1.807) is 12.4 Å². The Morgan fingerprint density at radius 1 is 1.03 bits per heavy atom. The summed E-state index contributed by atoms with van der Waals surface area (Å²) in [5.41, 5.74) is 2.23. The first-order valence-electron chi connectivity index (χ1n) is 12.4. The Labute approximate surface area is 205 Å². The summed E-state index contributed by atoms with van der Waals surface area (Å²) in [5.74, 6) is 3.82. The molecule has 0 radical (unpaired) electrons. The lowest BCUT2D eigenvalue weighted by atomic mass is 9.48. The van der Waals surface area contributed by atoms with Gasteiger partial charge in [0.25, 0.3) is 0 Å². The van der Waals surface area contributed by atoms with Gasteiger partial charge in [-0.15, -0.1) is 10.2 Å². The maximum absolute atomic E-state index is 13.0. The predicted octanol–water partition coefficient (Wildman–Crippen LogP) is 5.14. The van der Waals surface area contributed by atoms with Crippen molar-refractivity contribution in [1.29, 1.82) is 0 Å². The van der Waals surface area contributed by atoms with Crippen molar-refractivity contribution in [3.8, 4) is 17.1 Å². The Morgan fingerprint density at radius 3 is 2.32 bits per heavy atom. The number of para-hydroxylation sites is 1. The summed E-state index contributed by atoms with van der Waals surface area (Å²) in [4.78, 5) is 17.2. The van der Waals surface area contributed by atoms with E-state index in [9.17, 15) is 4.79 Å². The van der Waals surface area contributed by atoms with E-state index in [0.717, 1.165) is 40.0 Å². The van der Waals surface area contributed by atoms with Crippen molar-refractivity contribution in [3.05, 3.63) is 54.9 Å². The molecule has 0 aliphatic heterocycles. The molecule has 4 aliphatic rings. The van der Waals surface area contributed by atoms with Gasteiger partial charge in [0.1, 0.15) is 0 Å². The third-order valence-electron chi connectivity index (χ3n) is 8.30. The van der Waals surface area contributed by atoms with Crippen LogP contribution >= 0.6 is 11.8 Å². The molecule has 4 aliphatic carbocycles. The second-order valence-electron chi connectivity index (χ2n) is 10.6. The van der Waals surface area contributed by atoms with Gasteiger partial charge in [-0.3, -0.25) is 14.3 Å². The number of thioether (sulfide) groups is 1. The minimum absolute atomic E-state index is 0.0846. The lowest BCUT2D eigenvalue weighted by molar-refractivity contribution is -0.123. The Kier molecular flexibility index (Phi) is 5.68. The van der Waals surface area contributed by atoms with Crippen molar-refractivity contribution in [3.63, 3.8) is 0 Å². The lowest BCUT2D eigenvalue weighted by Gasteiger charge is -2.59. The molecule has 2 aromatic heterocycles. The number of benzene rings is 1. The summed E-state index contributed by atoms with van der Waals surface area (Å²) < 4.78 is 2.02. The summed E-state index contributed by atoms with van der Waals surface area (Å²) in [5, 5.41) is 13.0. The van der Waals surface area contributed by atoms with E-state index in [-0.39, 0.29) is 11.9 Å². The molecular formula is C27H31N5OS. The first kappa shape index (κ1) is 21.8. The third-order valence-corrected chi connectivity index (χ3v) is 9.23. The standard InChI is InChI=1S/C27H31N5OS/c1-18(27-14-19-11-20(15-27)13-21(12-19)16-27)29-24(33)17-34-26-31-30-25(22-7-9-28-10-8-22)32(26)23-5-3-2-4-6-23/h2-10,18-21H,11-17H2,1H3,(H,29,33)/t18-,19?,20?,21?,27?/m0/s1. The van der Waals surface area contributed by atoms with Gasteiger partial charge in [0, 0.05) is 29.7 Å². The smallest absolute Gasteiger partial charge is 0.230 e.